The number of benzene rings is 1. The molecule has 0 N–H and O–H groups in total. The summed E-state index contributed by atoms with van der Waals surface area (Å²) in [6.07, 6.45) is 1.83. The van der Waals surface area contributed by atoms with Gasteiger partial charge in [0.2, 0.25) is 0 Å². The van der Waals surface area contributed by atoms with Crippen molar-refractivity contribution in [2.45, 2.75) is 20.8 Å². The minimum Gasteiger partial charge on any atom is -0.345 e. The number of aromatic nitrogens is 2. The Morgan fingerprint density at radius 1 is 1.07 bits per heavy atom. The summed E-state index contributed by atoms with van der Waals surface area (Å²) >= 11 is 1.65. The smallest absolute Gasteiger partial charge is 0.255 e. The molecule has 0 unspecified atom stereocenters. The predicted molar refractivity (Wildman–Crippen MR) is 110 cm³/mol. The summed E-state index contributed by atoms with van der Waals surface area (Å²) in [5.41, 5.74) is 5.25. The predicted octanol–water partition coefficient (Wildman–Crippen LogP) is 3.82. The maximum atomic E-state index is 13.2. The molecule has 1 aliphatic rings. The molecule has 3 aromatic rings. The molecule has 27 heavy (non-hydrogen) atoms. The van der Waals surface area contributed by atoms with Crippen LogP contribution < -0.4 is 4.90 Å². The summed E-state index contributed by atoms with van der Waals surface area (Å²) in [6.45, 7) is 9.33. The second-order valence-corrected chi connectivity index (χ2v) is 7.87. The molecule has 6 heteroatoms. The Kier molecular flexibility index (Phi) is 4.74. The van der Waals surface area contributed by atoms with E-state index in [1.165, 1.54) is 5.56 Å². The van der Waals surface area contributed by atoms with E-state index >= 15 is 0 Å². The van der Waals surface area contributed by atoms with Crippen LogP contribution in [0.1, 0.15) is 27.3 Å². The molecule has 0 radical (unpaired) electrons. The highest BCUT2D eigenvalue weighted by atomic mass is 32.1. The molecule has 1 aliphatic heterocycles. The number of thiazole rings is 1. The summed E-state index contributed by atoms with van der Waals surface area (Å²) in [6, 6.07) is 10.3. The van der Waals surface area contributed by atoms with Crippen LogP contribution in [0.3, 0.4) is 0 Å². The van der Waals surface area contributed by atoms with Crippen LogP contribution in [0.2, 0.25) is 0 Å². The Bertz CT molecular complexity index is 953. The molecule has 1 amide bonds. The fourth-order valence-electron chi connectivity index (χ4n) is 3.81. The van der Waals surface area contributed by atoms with Crippen molar-refractivity contribution in [1.82, 2.24) is 14.5 Å². The van der Waals surface area contributed by atoms with E-state index in [4.69, 9.17) is 0 Å². The van der Waals surface area contributed by atoms with Gasteiger partial charge in [0.15, 0.2) is 5.13 Å². The van der Waals surface area contributed by atoms with E-state index < -0.39 is 0 Å². The Balaban J connectivity index is 1.55. The molecule has 1 aromatic carbocycles. The highest BCUT2D eigenvalue weighted by molar-refractivity contribution is 7.13. The number of amides is 1. The van der Waals surface area contributed by atoms with Gasteiger partial charge in [-0.3, -0.25) is 4.79 Å². The molecule has 3 heterocycles. The van der Waals surface area contributed by atoms with Gasteiger partial charge in [-0.15, -0.1) is 11.3 Å². The molecule has 0 saturated carbocycles. The van der Waals surface area contributed by atoms with Crippen LogP contribution in [-0.2, 0) is 0 Å². The number of aryl methyl sites for hydroxylation is 2. The van der Waals surface area contributed by atoms with Crippen LogP contribution in [-0.4, -0.2) is 46.5 Å². The van der Waals surface area contributed by atoms with E-state index in [0.29, 0.717) is 0 Å². The molecule has 4 rings (SSSR count). The molecule has 0 aliphatic carbocycles. The number of hydrogen-bond donors (Lipinski definition) is 0. The molecule has 0 spiro atoms. The molecular weight excluding hydrogens is 356 g/mol. The summed E-state index contributed by atoms with van der Waals surface area (Å²) in [5.74, 6) is 0.127. The zero-order valence-corrected chi connectivity index (χ0v) is 16.8. The Hall–Kier alpha value is -2.60. The van der Waals surface area contributed by atoms with E-state index in [2.05, 4.69) is 40.4 Å². The number of hydrogen-bond acceptors (Lipinski definition) is 4. The van der Waals surface area contributed by atoms with Crippen molar-refractivity contribution in [3.05, 3.63) is 64.4 Å². The lowest BCUT2D eigenvalue weighted by molar-refractivity contribution is 0.0746. The Labute approximate surface area is 163 Å². The van der Waals surface area contributed by atoms with Gasteiger partial charge in [-0.2, -0.15) is 0 Å². The fourth-order valence-corrected chi connectivity index (χ4v) is 4.50. The zero-order valence-electron chi connectivity index (χ0n) is 16.0. The summed E-state index contributed by atoms with van der Waals surface area (Å²) in [4.78, 5) is 21.8. The van der Waals surface area contributed by atoms with Gasteiger partial charge in [0, 0.05) is 54.8 Å². The minimum absolute atomic E-state index is 0.127. The quantitative estimate of drug-likeness (QED) is 0.694. The molecule has 1 saturated heterocycles. The third kappa shape index (κ3) is 3.25. The lowest BCUT2D eigenvalue weighted by atomic mass is 10.2. The average Bonchev–Trinajstić information content (AvgIpc) is 3.31. The summed E-state index contributed by atoms with van der Waals surface area (Å²) < 4.78 is 2.19. The largest absolute Gasteiger partial charge is 0.345 e. The van der Waals surface area contributed by atoms with Crippen molar-refractivity contribution in [2.75, 3.05) is 31.1 Å². The van der Waals surface area contributed by atoms with E-state index in [1.54, 1.807) is 11.3 Å². The van der Waals surface area contributed by atoms with Gasteiger partial charge in [0.05, 0.1) is 5.56 Å². The molecule has 140 valence electrons. The lowest BCUT2D eigenvalue weighted by Crippen LogP contribution is -2.48. The first-order valence-electron chi connectivity index (χ1n) is 9.25. The van der Waals surface area contributed by atoms with Crippen molar-refractivity contribution < 1.29 is 4.79 Å². The van der Waals surface area contributed by atoms with Crippen molar-refractivity contribution in [3.8, 4) is 5.69 Å². The van der Waals surface area contributed by atoms with Crippen LogP contribution >= 0.6 is 11.3 Å². The van der Waals surface area contributed by atoms with Gasteiger partial charge in [0.25, 0.3) is 5.91 Å². The number of nitrogens with zero attached hydrogens (tertiary/aromatic N) is 4. The number of piperazine rings is 1. The molecule has 0 atom stereocenters. The Morgan fingerprint density at radius 3 is 2.48 bits per heavy atom. The van der Waals surface area contributed by atoms with Crippen LogP contribution in [0.4, 0.5) is 5.13 Å². The first-order chi connectivity index (χ1) is 13.1. The van der Waals surface area contributed by atoms with Gasteiger partial charge in [0.1, 0.15) is 0 Å². The van der Waals surface area contributed by atoms with Crippen molar-refractivity contribution >= 4 is 22.4 Å². The number of carbonyl (C=O) groups excluding carboxylic acids is 1. The number of carbonyl (C=O) groups is 1. The molecule has 2 aromatic heterocycles. The third-order valence-electron chi connectivity index (χ3n) is 5.27. The van der Waals surface area contributed by atoms with Crippen LogP contribution in [0, 0.1) is 20.8 Å². The van der Waals surface area contributed by atoms with Crippen LogP contribution in [0.5, 0.6) is 0 Å². The zero-order chi connectivity index (χ0) is 19.0. The van der Waals surface area contributed by atoms with E-state index in [9.17, 15) is 4.79 Å². The highest BCUT2D eigenvalue weighted by Gasteiger charge is 2.26. The maximum Gasteiger partial charge on any atom is 0.255 e. The standard InChI is InChI=1S/C21H24N4OS/c1-15-6-4-5-7-19(15)25-16(2)14-18(17(25)3)20(26)23-9-11-24(12-10-23)21-22-8-13-27-21/h4-8,13-14H,9-12H2,1-3H3. The van der Waals surface area contributed by atoms with Crippen molar-refractivity contribution in [3.63, 3.8) is 0 Å². The van der Waals surface area contributed by atoms with E-state index in [1.807, 2.05) is 41.6 Å². The number of anilines is 1. The molecular formula is C21H24N4OS. The Morgan fingerprint density at radius 2 is 1.81 bits per heavy atom. The molecule has 5 nitrogen and oxygen atoms in total. The summed E-state index contributed by atoms with van der Waals surface area (Å²) in [7, 11) is 0. The lowest BCUT2D eigenvalue weighted by Gasteiger charge is -2.34. The van der Waals surface area contributed by atoms with E-state index in [0.717, 1.165) is 53.9 Å². The van der Waals surface area contributed by atoms with Gasteiger partial charge < -0.3 is 14.4 Å². The third-order valence-corrected chi connectivity index (χ3v) is 6.11. The highest BCUT2D eigenvalue weighted by Crippen LogP contribution is 2.25. The van der Waals surface area contributed by atoms with Gasteiger partial charge >= 0.3 is 0 Å². The first kappa shape index (κ1) is 17.8. The average molecular weight is 381 g/mol. The number of rotatable bonds is 3. The topological polar surface area (TPSA) is 41.4 Å². The fraction of sp³-hybridized carbons (Fsp3) is 0.333. The first-order valence-corrected chi connectivity index (χ1v) is 10.1. The second kappa shape index (κ2) is 7.19. The van der Waals surface area contributed by atoms with E-state index in [-0.39, 0.29) is 5.91 Å². The van der Waals surface area contributed by atoms with Crippen molar-refractivity contribution in [2.24, 2.45) is 0 Å². The summed E-state index contributed by atoms with van der Waals surface area (Å²) in [5, 5.41) is 3.03. The van der Waals surface area contributed by atoms with Crippen LogP contribution in [0.25, 0.3) is 5.69 Å². The van der Waals surface area contributed by atoms with Gasteiger partial charge in [-0.05, 0) is 38.5 Å². The van der Waals surface area contributed by atoms with Crippen LogP contribution in [0.15, 0.2) is 41.9 Å². The normalized spacial score (nSPS) is 14.6. The minimum atomic E-state index is 0.127. The second-order valence-electron chi connectivity index (χ2n) is 7.00. The van der Waals surface area contributed by atoms with Gasteiger partial charge in [-0.25, -0.2) is 4.98 Å². The molecule has 1 fully saturated rings. The SMILES string of the molecule is Cc1ccccc1-n1c(C)cc(C(=O)N2CCN(c3nccs3)CC2)c1C. The monoisotopic (exact) mass is 380 g/mol. The molecule has 0 bridgehead atoms. The number of para-hydroxylation sites is 1. The maximum absolute atomic E-state index is 13.2. The van der Waals surface area contributed by atoms with Crippen molar-refractivity contribution in [1.29, 1.82) is 0 Å². The van der Waals surface area contributed by atoms with Gasteiger partial charge in [-0.1, -0.05) is 18.2 Å².